The molecule has 33 heavy (non-hydrogen) atoms. The Morgan fingerprint density at radius 1 is 0.455 bits per heavy atom. The van der Waals surface area contributed by atoms with Gasteiger partial charge < -0.3 is 9.80 Å². The van der Waals surface area contributed by atoms with E-state index in [1.165, 1.54) is 161 Å². The van der Waals surface area contributed by atoms with Crippen molar-refractivity contribution in [2.75, 3.05) is 13.6 Å². The van der Waals surface area contributed by atoms with E-state index < -0.39 is 0 Å². The van der Waals surface area contributed by atoms with Crippen LogP contribution in [0.15, 0.2) is 12.4 Å². The number of hydrogen-bond acceptors (Lipinski definition) is 2. The van der Waals surface area contributed by atoms with Crippen molar-refractivity contribution in [1.29, 1.82) is 0 Å². The van der Waals surface area contributed by atoms with Crippen molar-refractivity contribution in [1.82, 2.24) is 9.80 Å². The molecule has 196 valence electrons. The van der Waals surface area contributed by atoms with Gasteiger partial charge in [0.05, 0.1) is 0 Å². The first kappa shape index (κ1) is 30.4. The molecule has 0 N–H and O–H groups in total. The average Bonchev–Trinajstić information content (AvgIpc) is 3.17. The summed E-state index contributed by atoms with van der Waals surface area (Å²) in [6.45, 7) is 5.86. The van der Waals surface area contributed by atoms with E-state index in [4.69, 9.17) is 0 Å². The average molecular weight is 463 g/mol. The Balaban J connectivity index is 1.91. The van der Waals surface area contributed by atoms with Gasteiger partial charge >= 0.3 is 0 Å². The Morgan fingerprint density at radius 2 is 0.818 bits per heavy atom. The van der Waals surface area contributed by atoms with E-state index in [-0.39, 0.29) is 0 Å². The molecule has 0 saturated heterocycles. The van der Waals surface area contributed by atoms with E-state index >= 15 is 0 Å². The van der Waals surface area contributed by atoms with Gasteiger partial charge in [0.15, 0.2) is 0 Å². The van der Waals surface area contributed by atoms with Crippen LogP contribution in [0.5, 0.6) is 0 Å². The summed E-state index contributed by atoms with van der Waals surface area (Å²) in [5.41, 5.74) is 0. The molecular formula is C31H62N2. The fourth-order valence-electron chi connectivity index (χ4n) is 5.34. The molecular weight excluding hydrogens is 400 g/mol. The van der Waals surface area contributed by atoms with Crippen molar-refractivity contribution in [2.45, 2.75) is 174 Å². The van der Waals surface area contributed by atoms with Crippen molar-refractivity contribution >= 4 is 0 Å². The van der Waals surface area contributed by atoms with E-state index in [9.17, 15) is 0 Å². The number of rotatable bonds is 25. The van der Waals surface area contributed by atoms with Crippen LogP contribution in [-0.2, 0) is 0 Å². The smallest absolute Gasteiger partial charge is 0.100 e. The molecule has 0 aromatic heterocycles. The standard InChI is InChI=1S/C31H62N2/c1-4-6-8-10-12-14-15-16-17-18-19-21-23-25-27-31-32(3)29-30-33(31)28-26-24-22-20-13-11-9-7-5-2/h29-31H,4-28H2,1-3H3. The molecule has 1 heterocycles. The van der Waals surface area contributed by atoms with Crippen molar-refractivity contribution in [3.05, 3.63) is 12.4 Å². The van der Waals surface area contributed by atoms with Crippen LogP contribution in [0.4, 0.5) is 0 Å². The van der Waals surface area contributed by atoms with E-state index in [0.717, 1.165) is 0 Å². The highest BCUT2D eigenvalue weighted by Gasteiger charge is 2.22. The van der Waals surface area contributed by atoms with Gasteiger partial charge in [-0.3, -0.25) is 0 Å². The molecule has 1 aliphatic rings. The quantitative estimate of drug-likeness (QED) is 0.124. The fourth-order valence-corrected chi connectivity index (χ4v) is 5.34. The molecule has 0 spiro atoms. The lowest BCUT2D eigenvalue weighted by Crippen LogP contribution is -2.37. The highest BCUT2D eigenvalue weighted by atomic mass is 15.4. The first-order valence-corrected chi connectivity index (χ1v) is 15.5. The summed E-state index contributed by atoms with van der Waals surface area (Å²) in [5, 5.41) is 0. The van der Waals surface area contributed by atoms with Gasteiger partial charge in [-0.05, 0) is 19.3 Å². The van der Waals surface area contributed by atoms with Crippen LogP contribution in [0.25, 0.3) is 0 Å². The minimum Gasteiger partial charge on any atom is -0.359 e. The predicted molar refractivity (Wildman–Crippen MR) is 150 cm³/mol. The Hall–Kier alpha value is -0.660. The van der Waals surface area contributed by atoms with Crippen molar-refractivity contribution in [3.63, 3.8) is 0 Å². The minimum absolute atomic E-state index is 0.622. The van der Waals surface area contributed by atoms with Gasteiger partial charge in [-0.1, -0.05) is 149 Å². The first-order chi connectivity index (χ1) is 16.3. The molecule has 2 nitrogen and oxygen atoms in total. The third-order valence-corrected chi connectivity index (χ3v) is 7.68. The molecule has 1 rings (SSSR count). The molecule has 0 amide bonds. The maximum Gasteiger partial charge on any atom is 0.100 e. The van der Waals surface area contributed by atoms with Crippen LogP contribution in [0.1, 0.15) is 168 Å². The third kappa shape index (κ3) is 17.4. The normalized spacial score (nSPS) is 15.8. The lowest BCUT2D eigenvalue weighted by Gasteiger charge is -2.30. The van der Waals surface area contributed by atoms with Gasteiger partial charge in [-0.2, -0.15) is 0 Å². The first-order valence-electron chi connectivity index (χ1n) is 15.5. The second-order valence-electron chi connectivity index (χ2n) is 10.9. The highest BCUT2D eigenvalue weighted by Crippen LogP contribution is 2.21. The van der Waals surface area contributed by atoms with Crippen LogP contribution < -0.4 is 0 Å². The highest BCUT2D eigenvalue weighted by molar-refractivity contribution is 4.95. The molecule has 0 bridgehead atoms. The largest absolute Gasteiger partial charge is 0.359 e. The van der Waals surface area contributed by atoms with Gasteiger partial charge in [0.2, 0.25) is 0 Å². The zero-order chi connectivity index (χ0) is 23.8. The summed E-state index contributed by atoms with van der Waals surface area (Å²) in [6.07, 6.45) is 39.7. The topological polar surface area (TPSA) is 6.48 Å². The van der Waals surface area contributed by atoms with Gasteiger partial charge in [0.1, 0.15) is 6.17 Å². The van der Waals surface area contributed by atoms with Gasteiger partial charge in [-0.15, -0.1) is 0 Å². The number of unbranched alkanes of at least 4 members (excludes halogenated alkanes) is 21. The number of nitrogens with zero attached hydrogens (tertiary/aromatic N) is 2. The maximum absolute atomic E-state index is 2.61. The molecule has 0 radical (unpaired) electrons. The van der Waals surface area contributed by atoms with Crippen LogP contribution in [-0.4, -0.2) is 29.6 Å². The van der Waals surface area contributed by atoms with Crippen LogP contribution in [0, 0.1) is 0 Å². The van der Waals surface area contributed by atoms with E-state index in [1.807, 2.05) is 0 Å². The molecule has 0 saturated carbocycles. The minimum atomic E-state index is 0.622. The lowest BCUT2D eigenvalue weighted by molar-refractivity contribution is 0.159. The molecule has 1 atom stereocenters. The molecule has 2 heteroatoms. The van der Waals surface area contributed by atoms with Crippen LogP contribution >= 0.6 is 0 Å². The van der Waals surface area contributed by atoms with Crippen LogP contribution in [0.3, 0.4) is 0 Å². The Morgan fingerprint density at radius 3 is 1.24 bits per heavy atom. The Bertz CT molecular complexity index is 419. The van der Waals surface area contributed by atoms with Gasteiger partial charge in [0, 0.05) is 26.0 Å². The molecule has 0 fully saturated rings. The maximum atomic E-state index is 2.61. The lowest BCUT2D eigenvalue weighted by atomic mass is 10.0. The second-order valence-corrected chi connectivity index (χ2v) is 10.9. The van der Waals surface area contributed by atoms with E-state index in [2.05, 4.69) is 43.1 Å². The summed E-state index contributed by atoms with van der Waals surface area (Å²) in [7, 11) is 2.27. The van der Waals surface area contributed by atoms with Gasteiger partial charge in [-0.25, -0.2) is 0 Å². The van der Waals surface area contributed by atoms with Crippen LogP contribution in [0.2, 0.25) is 0 Å². The second kappa shape index (κ2) is 23.1. The van der Waals surface area contributed by atoms with Crippen molar-refractivity contribution in [2.24, 2.45) is 0 Å². The predicted octanol–water partition coefficient (Wildman–Crippen LogP) is 10.4. The van der Waals surface area contributed by atoms with E-state index in [1.54, 1.807) is 0 Å². The summed E-state index contributed by atoms with van der Waals surface area (Å²) in [6, 6.07) is 0. The monoisotopic (exact) mass is 462 g/mol. The number of hydrogen-bond donors (Lipinski definition) is 0. The molecule has 1 unspecified atom stereocenters. The summed E-state index contributed by atoms with van der Waals surface area (Å²) in [4.78, 5) is 5.06. The molecule has 0 aliphatic carbocycles. The van der Waals surface area contributed by atoms with Crippen molar-refractivity contribution < 1.29 is 0 Å². The van der Waals surface area contributed by atoms with Crippen molar-refractivity contribution in [3.8, 4) is 0 Å². The third-order valence-electron chi connectivity index (χ3n) is 7.68. The Kier molecular flexibility index (Phi) is 21.3. The van der Waals surface area contributed by atoms with Gasteiger partial charge in [0.25, 0.3) is 0 Å². The zero-order valence-electron chi connectivity index (χ0n) is 23.3. The Labute approximate surface area is 210 Å². The summed E-state index contributed by atoms with van der Waals surface area (Å²) in [5.74, 6) is 0. The molecule has 1 aliphatic heterocycles. The molecule has 0 aromatic rings. The zero-order valence-corrected chi connectivity index (χ0v) is 23.3. The summed E-state index contributed by atoms with van der Waals surface area (Å²) < 4.78 is 0. The SMILES string of the molecule is CCCCCCCCCCCCCCCCC1N(C)C=CN1CCCCCCCCCCC. The fraction of sp³-hybridized carbons (Fsp3) is 0.935. The summed E-state index contributed by atoms with van der Waals surface area (Å²) >= 11 is 0. The van der Waals surface area contributed by atoms with E-state index in [0.29, 0.717) is 6.17 Å². The molecule has 0 aromatic carbocycles.